The summed E-state index contributed by atoms with van der Waals surface area (Å²) in [4.78, 5) is 2.60. The molecule has 0 spiro atoms. The fourth-order valence-electron chi connectivity index (χ4n) is 2.41. The summed E-state index contributed by atoms with van der Waals surface area (Å²) in [6, 6.07) is 1.57. The minimum Gasteiger partial charge on any atom is -0.319 e. The molecule has 1 rings (SSSR count). The molecule has 0 aromatic carbocycles. The number of nitrogens with zero attached hydrogens (tertiary/aromatic N) is 1. The van der Waals surface area contributed by atoms with Crippen molar-refractivity contribution in [2.45, 2.75) is 38.3 Å². The zero-order valence-electron chi connectivity index (χ0n) is 10.6. The first-order valence-corrected chi connectivity index (χ1v) is 7.45. The Morgan fingerprint density at radius 2 is 2.20 bits per heavy atom. The van der Waals surface area contributed by atoms with Crippen LogP contribution in [0.15, 0.2) is 0 Å². The molecule has 0 saturated heterocycles. The van der Waals surface area contributed by atoms with Crippen molar-refractivity contribution >= 4 is 11.8 Å². The highest BCUT2D eigenvalue weighted by Gasteiger charge is 2.34. The second kappa shape index (κ2) is 6.77. The average Bonchev–Trinajstić information content (AvgIpc) is 2.20. The molecule has 2 nitrogen and oxygen atoms in total. The zero-order chi connectivity index (χ0) is 11.3. The van der Waals surface area contributed by atoms with E-state index in [-0.39, 0.29) is 0 Å². The van der Waals surface area contributed by atoms with Crippen LogP contribution in [-0.4, -0.2) is 49.6 Å². The molecule has 3 heteroatoms. The lowest BCUT2D eigenvalue weighted by Crippen LogP contribution is -2.51. The topological polar surface area (TPSA) is 15.3 Å². The van der Waals surface area contributed by atoms with Gasteiger partial charge in [0.25, 0.3) is 0 Å². The molecule has 1 N–H and O–H groups in total. The predicted octanol–water partition coefficient (Wildman–Crippen LogP) is 2.06. The fraction of sp³-hybridized carbons (Fsp3) is 1.00. The Kier molecular flexibility index (Phi) is 6.02. The van der Waals surface area contributed by atoms with Crippen molar-refractivity contribution < 1.29 is 0 Å². The molecular formula is C12H26N2S. The first kappa shape index (κ1) is 13.3. The molecule has 0 aromatic rings. The number of rotatable bonds is 7. The molecule has 0 heterocycles. The molecule has 90 valence electrons. The molecule has 1 fully saturated rings. The van der Waals surface area contributed by atoms with E-state index < -0.39 is 0 Å². The lowest BCUT2D eigenvalue weighted by atomic mass is 9.78. The second-order valence-electron chi connectivity index (χ2n) is 4.76. The van der Waals surface area contributed by atoms with Crippen LogP contribution in [0, 0.1) is 5.92 Å². The van der Waals surface area contributed by atoms with E-state index in [1.807, 2.05) is 11.8 Å². The Hall–Kier alpha value is 0.270. The second-order valence-corrected chi connectivity index (χ2v) is 5.74. The van der Waals surface area contributed by atoms with Gasteiger partial charge in [-0.25, -0.2) is 0 Å². The van der Waals surface area contributed by atoms with Gasteiger partial charge >= 0.3 is 0 Å². The van der Waals surface area contributed by atoms with E-state index in [9.17, 15) is 0 Å². The van der Waals surface area contributed by atoms with Crippen LogP contribution >= 0.6 is 11.8 Å². The van der Waals surface area contributed by atoms with Crippen LogP contribution in [0.2, 0.25) is 0 Å². The molecule has 1 aliphatic carbocycles. The third kappa shape index (κ3) is 3.65. The van der Waals surface area contributed by atoms with Gasteiger partial charge in [-0.15, -0.1) is 0 Å². The minimum atomic E-state index is 0.738. The molecule has 0 aliphatic heterocycles. The van der Waals surface area contributed by atoms with Crippen molar-refractivity contribution in [1.82, 2.24) is 10.2 Å². The first-order chi connectivity index (χ1) is 7.20. The van der Waals surface area contributed by atoms with Crippen LogP contribution in [0.4, 0.5) is 0 Å². The summed E-state index contributed by atoms with van der Waals surface area (Å²) in [6.45, 7) is 3.55. The SMILES string of the molecule is CNCC1CCC1N(C)C(C)CCSC. The van der Waals surface area contributed by atoms with Gasteiger partial charge in [0.05, 0.1) is 0 Å². The van der Waals surface area contributed by atoms with E-state index in [4.69, 9.17) is 0 Å². The molecule has 0 radical (unpaired) electrons. The summed E-state index contributed by atoms with van der Waals surface area (Å²) in [5, 5.41) is 3.31. The molecule has 15 heavy (non-hydrogen) atoms. The van der Waals surface area contributed by atoms with Crippen LogP contribution in [0.25, 0.3) is 0 Å². The number of nitrogens with one attached hydrogen (secondary N) is 1. The molecule has 0 aromatic heterocycles. The van der Waals surface area contributed by atoms with Gasteiger partial charge in [-0.1, -0.05) is 0 Å². The van der Waals surface area contributed by atoms with Gasteiger partial charge in [0, 0.05) is 12.1 Å². The Morgan fingerprint density at radius 3 is 2.67 bits per heavy atom. The van der Waals surface area contributed by atoms with Gasteiger partial charge in [0.15, 0.2) is 0 Å². The van der Waals surface area contributed by atoms with Gasteiger partial charge in [0.1, 0.15) is 0 Å². The van der Waals surface area contributed by atoms with Crippen LogP contribution in [-0.2, 0) is 0 Å². The van der Waals surface area contributed by atoms with Gasteiger partial charge < -0.3 is 10.2 Å². The smallest absolute Gasteiger partial charge is 0.0135 e. The van der Waals surface area contributed by atoms with Crippen LogP contribution < -0.4 is 5.32 Å². The number of thioether (sulfide) groups is 1. The van der Waals surface area contributed by atoms with E-state index in [0.29, 0.717) is 0 Å². The number of hydrogen-bond donors (Lipinski definition) is 1. The molecular weight excluding hydrogens is 204 g/mol. The highest BCUT2D eigenvalue weighted by atomic mass is 32.2. The maximum atomic E-state index is 3.31. The number of hydrogen-bond acceptors (Lipinski definition) is 3. The highest BCUT2D eigenvalue weighted by Crippen LogP contribution is 2.32. The standard InChI is InChI=1S/C12H26N2S/c1-10(7-8-15-4)14(3)12-6-5-11(12)9-13-2/h10-13H,5-9H2,1-4H3. The lowest BCUT2D eigenvalue weighted by Gasteiger charge is -2.45. The normalized spacial score (nSPS) is 27.8. The quantitative estimate of drug-likeness (QED) is 0.721. The van der Waals surface area contributed by atoms with Crippen LogP contribution in [0.5, 0.6) is 0 Å². The molecule has 1 aliphatic rings. The molecule has 1 saturated carbocycles. The third-order valence-electron chi connectivity index (χ3n) is 3.80. The van der Waals surface area contributed by atoms with Crippen LogP contribution in [0.3, 0.4) is 0 Å². The van der Waals surface area contributed by atoms with E-state index in [1.165, 1.54) is 31.6 Å². The van der Waals surface area contributed by atoms with Gasteiger partial charge in [-0.3, -0.25) is 0 Å². The van der Waals surface area contributed by atoms with E-state index in [0.717, 1.165) is 18.0 Å². The molecule has 3 unspecified atom stereocenters. The Bertz CT molecular complexity index is 175. The molecule has 0 bridgehead atoms. The maximum absolute atomic E-state index is 3.31. The average molecular weight is 230 g/mol. The van der Waals surface area contributed by atoms with Gasteiger partial charge in [-0.05, 0) is 64.8 Å². The maximum Gasteiger partial charge on any atom is 0.0135 e. The molecule has 3 atom stereocenters. The highest BCUT2D eigenvalue weighted by molar-refractivity contribution is 7.98. The van der Waals surface area contributed by atoms with Crippen molar-refractivity contribution in [3.05, 3.63) is 0 Å². The summed E-state index contributed by atoms with van der Waals surface area (Å²) in [5.74, 6) is 2.17. The summed E-state index contributed by atoms with van der Waals surface area (Å²) in [7, 11) is 4.37. The molecule has 0 amide bonds. The minimum absolute atomic E-state index is 0.738. The van der Waals surface area contributed by atoms with E-state index in [2.05, 4.69) is 37.5 Å². The Labute approximate surface area is 99.2 Å². The summed E-state index contributed by atoms with van der Waals surface area (Å²) in [6.07, 6.45) is 6.32. The monoisotopic (exact) mass is 230 g/mol. The first-order valence-electron chi connectivity index (χ1n) is 6.06. The van der Waals surface area contributed by atoms with Crippen molar-refractivity contribution in [1.29, 1.82) is 0 Å². The Morgan fingerprint density at radius 1 is 1.47 bits per heavy atom. The van der Waals surface area contributed by atoms with Crippen molar-refractivity contribution in [3.8, 4) is 0 Å². The Balaban J connectivity index is 2.29. The summed E-state index contributed by atoms with van der Waals surface area (Å²) < 4.78 is 0. The van der Waals surface area contributed by atoms with Crippen molar-refractivity contribution in [2.24, 2.45) is 5.92 Å². The summed E-state index contributed by atoms with van der Waals surface area (Å²) in [5.41, 5.74) is 0. The fourth-order valence-corrected chi connectivity index (χ4v) is 2.98. The largest absolute Gasteiger partial charge is 0.319 e. The van der Waals surface area contributed by atoms with E-state index in [1.54, 1.807) is 0 Å². The zero-order valence-corrected chi connectivity index (χ0v) is 11.4. The van der Waals surface area contributed by atoms with E-state index >= 15 is 0 Å². The summed E-state index contributed by atoms with van der Waals surface area (Å²) >= 11 is 1.96. The van der Waals surface area contributed by atoms with Gasteiger partial charge in [0.2, 0.25) is 0 Å². The third-order valence-corrected chi connectivity index (χ3v) is 4.45. The lowest BCUT2D eigenvalue weighted by molar-refractivity contribution is 0.0554. The van der Waals surface area contributed by atoms with Crippen LogP contribution in [0.1, 0.15) is 26.2 Å². The van der Waals surface area contributed by atoms with Crippen molar-refractivity contribution in [2.75, 3.05) is 32.6 Å². The van der Waals surface area contributed by atoms with Gasteiger partial charge in [-0.2, -0.15) is 11.8 Å². The predicted molar refractivity (Wildman–Crippen MR) is 70.7 cm³/mol. The van der Waals surface area contributed by atoms with Crippen molar-refractivity contribution in [3.63, 3.8) is 0 Å².